The molecule has 1 aromatic carbocycles. The van der Waals surface area contributed by atoms with E-state index in [4.69, 9.17) is 0 Å². The lowest BCUT2D eigenvalue weighted by Gasteiger charge is -2.53. The lowest BCUT2D eigenvalue weighted by atomic mass is 9.69. The summed E-state index contributed by atoms with van der Waals surface area (Å²) < 4.78 is 0. The number of piperidine rings is 3. The molecule has 2 bridgehead atoms. The summed E-state index contributed by atoms with van der Waals surface area (Å²) in [5.41, 5.74) is 3.59. The van der Waals surface area contributed by atoms with Gasteiger partial charge < -0.3 is 22.4 Å². The van der Waals surface area contributed by atoms with Crippen molar-refractivity contribution in [2.75, 3.05) is 13.1 Å². The molecule has 3 heteroatoms. The van der Waals surface area contributed by atoms with Gasteiger partial charge in [-0.25, -0.2) is 0 Å². The van der Waals surface area contributed by atoms with Crippen molar-refractivity contribution in [3.8, 4) is 0 Å². The monoisotopic (exact) mass is 278 g/mol. The lowest BCUT2D eigenvalue weighted by Crippen LogP contribution is -3.00. The van der Waals surface area contributed by atoms with Gasteiger partial charge in [0.2, 0.25) is 0 Å². The number of rotatable bonds is 1. The maximum absolute atomic E-state index is 11.2. The molecular weight excluding hydrogens is 258 g/mol. The lowest BCUT2D eigenvalue weighted by molar-refractivity contribution is -0.0760. The Balaban J connectivity index is 0.00000133. The van der Waals surface area contributed by atoms with Crippen LogP contribution in [-0.4, -0.2) is 23.1 Å². The van der Waals surface area contributed by atoms with Crippen LogP contribution in [0.5, 0.6) is 0 Å². The molecule has 3 saturated heterocycles. The van der Waals surface area contributed by atoms with Gasteiger partial charge >= 0.3 is 0 Å². The Morgan fingerprint density at radius 1 is 1.21 bits per heavy atom. The molecule has 1 unspecified atom stereocenters. The largest absolute Gasteiger partial charge is 1.00 e. The van der Waals surface area contributed by atoms with Gasteiger partial charge in [-0.2, -0.15) is 0 Å². The van der Waals surface area contributed by atoms with Crippen molar-refractivity contribution in [3.63, 3.8) is 0 Å². The molecule has 1 N–H and O–H groups in total. The molecule has 104 valence electrons. The highest BCUT2D eigenvalue weighted by atomic mass is 35.5. The molecule has 19 heavy (non-hydrogen) atoms. The molecule has 1 aromatic rings. The van der Waals surface area contributed by atoms with E-state index in [2.05, 4.69) is 43.5 Å². The quantitative estimate of drug-likeness (QED) is 0.765. The van der Waals surface area contributed by atoms with E-state index >= 15 is 0 Å². The Hall–Kier alpha value is -0.990. The normalized spacial score (nSPS) is 29.3. The van der Waals surface area contributed by atoms with Crippen molar-refractivity contribution >= 4 is 0 Å². The first-order chi connectivity index (χ1) is 8.53. The smallest absolute Gasteiger partial charge is 0.131 e. The maximum atomic E-state index is 11.2. The first kappa shape index (κ1) is 14.4. The van der Waals surface area contributed by atoms with Crippen molar-refractivity contribution in [1.29, 1.82) is 0 Å². The highest BCUT2D eigenvalue weighted by Gasteiger charge is 2.49. The SMILES string of the molecule is C=C1N2CCC(CC2)C1(O)c1ccc(C)c(C)c1.[Cl-]. The molecular formula is C16H21ClNO-. The maximum Gasteiger partial charge on any atom is 0.131 e. The van der Waals surface area contributed by atoms with Crippen LogP contribution >= 0.6 is 0 Å². The van der Waals surface area contributed by atoms with Gasteiger partial charge in [0.15, 0.2) is 0 Å². The Labute approximate surface area is 121 Å². The molecule has 3 aliphatic heterocycles. The number of nitrogens with zero attached hydrogens (tertiary/aromatic N) is 1. The minimum atomic E-state index is -0.838. The van der Waals surface area contributed by atoms with Crippen LogP contribution in [0.2, 0.25) is 0 Å². The second-order valence-electron chi connectivity index (χ2n) is 5.77. The zero-order valence-electron chi connectivity index (χ0n) is 11.6. The van der Waals surface area contributed by atoms with Crippen LogP contribution < -0.4 is 12.4 Å². The first-order valence-corrected chi connectivity index (χ1v) is 6.78. The molecule has 0 aromatic heterocycles. The third kappa shape index (κ3) is 1.98. The van der Waals surface area contributed by atoms with Crippen LogP contribution in [0, 0.1) is 19.8 Å². The van der Waals surface area contributed by atoms with E-state index in [0.717, 1.165) is 37.2 Å². The van der Waals surface area contributed by atoms with E-state index in [1.54, 1.807) is 0 Å². The Morgan fingerprint density at radius 2 is 1.84 bits per heavy atom. The van der Waals surface area contributed by atoms with E-state index in [9.17, 15) is 5.11 Å². The molecule has 3 aliphatic rings. The average Bonchev–Trinajstić information content (AvgIpc) is 2.39. The molecule has 0 radical (unpaired) electrons. The van der Waals surface area contributed by atoms with Gasteiger partial charge in [-0.1, -0.05) is 24.8 Å². The van der Waals surface area contributed by atoms with Crippen molar-refractivity contribution in [3.05, 3.63) is 47.2 Å². The molecule has 3 fully saturated rings. The van der Waals surface area contributed by atoms with Gasteiger partial charge in [0.1, 0.15) is 5.60 Å². The van der Waals surface area contributed by atoms with E-state index in [-0.39, 0.29) is 12.4 Å². The fourth-order valence-corrected chi connectivity index (χ4v) is 3.42. The highest BCUT2D eigenvalue weighted by molar-refractivity contribution is 5.40. The minimum Gasteiger partial charge on any atom is -1.00 e. The fourth-order valence-electron chi connectivity index (χ4n) is 3.42. The average molecular weight is 279 g/mol. The molecule has 4 rings (SSSR count). The van der Waals surface area contributed by atoms with Crippen LogP contribution in [0.4, 0.5) is 0 Å². The van der Waals surface area contributed by atoms with E-state index in [1.165, 1.54) is 11.1 Å². The van der Waals surface area contributed by atoms with Crippen LogP contribution in [0.1, 0.15) is 29.5 Å². The number of halogens is 1. The number of hydrogen-bond acceptors (Lipinski definition) is 2. The molecule has 2 nitrogen and oxygen atoms in total. The predicted octanol–water partition coefficient (Wildman–Crippen LogP) is -0.266. The third-order valence-corrected chi connectivity index (χ3v) is 4.85. The van der Waals surface area contributed by atoms with Crippen molar-refractivity contribution in [2.24, 2.45) is 5.92 Å². The third-order valence-electron chi connectivity index (χ3n) is 4.85. The Bertz CT molecular complexity index is 505. The molecule has 0 saturated carbocycles. The van der Waals surface area contributed by atoms with Gasteiger partial charge in [0.25, 0.3) is 0 Å². The van der Waals surface area contributed by atoms with Gasteiger partial charge in [-0.3, -0.25) is 0 Å². The summed E-state index contributed by atoms with van der Waals surface area (Å²) in [6, 6.07) is 6.30. The van der Waals surface area contributed by atoms with Gasteiger partial charge in [-0.05, 0) is 43.4 Å². The number of hydrogen-bond donors (Lipinski definition) is 1. The Kier molecular flexibility index (Phi) is 3.67. The van der Waals surface area contributed by atoms with Crippen molar-refractivity contribution < 1.29 is 17.5 Å². The summed E-state index contributed by atoms with van der Waals surface area (Å²) in [6.45, 7) is 10.5. The number of aliphatic hydroxyl groups is 1. The van der Waals surface area contributed by atoms with Crippen LogP contribution in [0.3, 0.4) is 0 Å². The van der Waals surface area contributed by atoms with E-state index in [0.29, 0.717) is 5.92 Å². The molecule has 0 amide bonds. The standard InChI is InChI=1S/C16H21NO.ClH/c1-11-4-5-15(10-12(11)2)16(18)13(3)17-8-6-14(16)7-9-17;/h4-5,10,14,18H,3,6-9H2,1-2H3;1H/p-1. The Morgan fingerprint density at radius 3 is 2.37 bits per heavy atom. The topological polar surface area (TPSA) is 23.5 Å². The summed E-state index contributed by atoms with van der Waals surface area (Å²) in [5.74, 6) is 0.331. The predicted molar refractivity (Wildman–Crippen MR) is 73.2 cm³/mol. The summed E-state index contributed by atoms with van der Waals surface area (Å²) in [4.78, 5) is 2.25. The van der Waals surface area contributed by atoms with Gasteiger partial charge in [0.05, 0.1) is 0 Å². The first-order valence-electron chi connectivity index (χ1n) is 6.78. The summed E-state index contributed by atoms with van der Waals surface area (Å²) in [6.07, 6.45) is 2.14. The molecule has 1 atom stereocenters. The second kappa shape index (κ2) is 4.84. The van der Waals surface area contributed by atoms with Crippen LogP contribution in [-0.2, 0) is 5.60 Å². The molecule has 0 spiro atoms. The van der Waals surface area contributed by atoms with Crippen molar-refractivity contribution in [1.82, 2.24) is 4.90 Å². The van der Waals surface area contributed by atoms with Crippen molar-refractivity contribution in [2.45, 2.75) is 32.3 Å². The number of benzene rings is 1. The number of aryl methyl sites for hydroxylation is 2. The zero-order valence-corrected chi connectivity index (χ0v) is 12.4. The van der Waals surface area contributed by atoms with Gasteiger partial charge in [-0.15, -0.1) is 0 Å². The van der Waals surface area contributed by atoms with E-state index in [1.807, 2.05) is 0 Å². The number of fused-ring (bicyclic) bond motifs is 3. The zero-order chi connectivity index (χ0) is 12.9. The van der Waals surface area contributed by atoms with E-state index < -0.39 is 5.60 Å². The minimum absolute atomic E-state index is 0. The second-order valence-corrected chi connectivity index (χ2v) is 5.77. The van der Waals surface area contributed by atoms with Crippen LogP contribution in [0.25, 0.3) is 0 Å². The van der Waals surface area contributed by atoms with Gasteiger partial charge in [0, 0.05) is 24.7 Å². The summed E-state index contributed by atoms with van der Waals surface area (Å²) in [7, 11) is 0. The summed E-state index contributed by atoms with van der Waals surface area (Å²) in [5, 5.41) is 11.2. The highest BCUT2D eigenvalue weighted by Crippen LogP contribution is 2.48. The molecule has 3 heterocycles. The molecule has 0 aliphatic carbocycles. The fraction of sp³-hybridized carbons (Fsp3) is 0.500. The van der Waals surface area contributed by atoms with Crippen LogP contribution in [0.15, 0.2) is 30.5 Å². The summed E-state index contributed by atoms with van der Waals surface area (Å²) >= 11 is 0.